The van der Waals surface area contributed by atoms with Crippen LogP contribution in [0, 0.1) is 0 Å². The Kier molecular flexibility index (Phi) is 5.28. The molecule has 0 bridgehead atoms. The highest BCUT2D eigenvalue weighted by atomic mass is 32.2. The second-order valence-electron chi connectivity index (χ2n) is 9.04. The van der Waals surface area contributed by atoms with Gasteiger partial charge in [0.05, 0.1) is 11.6 Å². The summed E-state index contributed by atoms with van der Waals surface area (Å²) < 4.78 is 30.3. The molecule has 11 heteroatoms. The summed E-state index contributed by atoms with van der Waals surface area (Å²) in [5.41, 5.74) is 1.38. The third-order valence-electron chi connectivity index (χ3n) is 5.96. The van der Waals surface area contributed by atoms with Gasteiger partial charge in [0.15, 0.2) is 28.8 Å². The van der Waals surface area contributed by atoms with Crippen LogP contribution in [0.1, 0.15) is 25.7 Å². The fourth-order valence-electron chi connectivity index (χ4n) is 4.41. The van der Waals surface area contributed by atoms with Crippen molar-refractivity contribution in [3.63, 3.8) is 0 Å². The molecule has 0 spiro atoms. The van der Waals surface area contributed by atoms with E-state index in [0.29, 0.717) is 23.2 Å². The molecule has 4 aromatic rings. The highest BCUT2D eigenvalue weighted by Gasteiger charge is 2.33. The van der Waals surface area contributed by atoms with Crippen LogP contribution in [0.5, 0.6) is 11.5 Å². The van der Waals surface area contributed by atoms with Crippen molar-refractivity contribution < 1.29 is 13.7 Å². The molecule has 0 amide bonds. The Balaban J connectivity index is 1.29. The molecule has 0 radical (unpaired) electrons. The number of benzene rings is 1. The van der Waals surface area contributed by atoms with E-state index in [1.165, 1.54) is 12.8 Å². The van der Waals surface area contributed by atoms with Crippen molar-refractivity contribution in [3.05, 3.63) is 48.8 Å². The first kappa shape index (κ1) is 21.8. The Labute approximate surface area is 202 Å². The van der Waals surface area contributed by atoms with Gasteiger partial charge in [-0.15, -0.1) is 0 Å². The molecule has 180 valence electrons. The van der Waals surface area contributed by atoms with Crippen LogP contribution in [-0.2, 0) is 9.73 Å². The summed E-state index contributed by atoms with van der Waals surface area (Å²) in [5, 5.41) is 8.44. The number of pyridine rings is 1. The lowest BCUT2D eigenvalue weighted by atomic mass is 9.93. The van der Waals surface area contributed by atoms with Crippen molar-refractivity contribution in [2.75, 3.05) is 17.8 Å². The fraction of sp³-hybridized carbons (Fsp3) is 0.333. The number of anilines is 2. The maximum absolute atomic E-state index is 12.1. The molecule has 10 nitrogen and oxygen atoms in total. The van der Waals surface area contributed by atoms with Crippen LogP contribution < -0.4 is 14.8 Å². The van der Waals surface area contributed by atoms with Gasteiger partial charge in [0, 0.05) is 40.2 Å². The van der Waals surface area contributed by atoms with Crippen LogP contribution in [0.15, 0.2) is 53.2 Å². The smallest absolute Gasteiger partial charge is 0.229 e. The van der Waals surface area contributed by atoms with E-state index < -0.39 is 9.73 Å². The topological polar surface area (TPSA) is 116 Å². The van der Waals surface area contributed by atoms with Gasteiger partial charge in [-0.25, -0.2) is 14.2 Å². The minimum absolute atomic E-state index is 0.109. The Morgan fingerprint density at radius 3 is 2.63 bits per heavy atom. The second kappa shape index (κ2) is 8.49. The van der Waals surface area contributed by atoms with Crippen molar-refractivity contribution in [2.45, 2.75) is 37.9 Å². The van der Waals surface area contributed by atoms with Crippen LogP contribution in [-0.4, -0.2) is 53.7 Å². The fourth-order valence-corrected chi connectivity index (χ4v) is 4.97. The molecule has 6 rings (SSSR count). The Bertz CT molecular complexity index is 1540. The zero-order valence-corrected chi connectivity index (χ0v) is 20.2. The van der Waals surface area contributed by atoms with E-state index >= 15 is 0 Å². The normalized spacial score (nSPS) is 19.3. The third kappa shape index (κ3) is 4.51. The standard InChI is InChI=1S/C24H25N7O3S/c1-35(2,32)30-21-8-5-9-22(28-21)31-23-15(14-26-31)13-25-24(29-23)27-16-10-11-19-20(12-16)34-18-7-4-3-6-17(18)33-19/h5,8-14,17-18H,3-4,6-7H2,1-2H3,(H,25,27,29). The summed E-state index contributed by atoms with van der Waals surface area (Å²) in [6.45, 7) is 0. The van der Waals surface area contributed by atoms with Crippen molar-refractivity contribution >= 4 is 38.2 Å². The van der Waals surface area contributed by atoms with E-state index in [0.717, 1.165) is 35.4 Å². The van der Waals surface area contributed by atoms with Crippen molar-refractivity contribution in [2.24, 2.45) is 4.36 Å². The summed E-state index contributed by atoms with van der Waals surface area (Å²) in [6, 6.07) is 11.1. The van der Waals surface area contributed by atoms with Gasteiger partial charge in [0.25, 0.3) is 0 Å². The Morgan fingerprint density at radius 1 is 1.03 bits per heavy atom. The van der Waals surface area contributed by atoms with E-state index in [2.05, 4.69) is 29.7 Å². The number of nitrogens with one attached hydrogen (secondary N) is 1. The van der Waals surface area contributed by atoms with E-state index in [1.54, 1.807) is 47.8 Å². The van der Waals surface area contributed by atoms with E-state index in [4.69, 9.17) is 9.47 Å². The molecular weight excluding hydrogens is 466 g/mol. The summed E-state index contributed by atoms with van der Waals surface area (Å²) in [4.78, 5) is 13.6. The maximum atomic E-state index is 12.1. The molecule has 1 aliphatic heterocycles. The number of aromatic nitrogens is 5. The molecule has 1 fully saturated rings. The lowest BCUT2D eigenvalue weighted by Crippen LogP contribution is -2.41. The number of hydrogen-bond acceptors (Lipinski definition) is 9. The van der Waals surface area contributed by atoms with Gasteiger partial charge in [-0.05, 0) is 49.9 Å². The van der Waals surface area contributed by atoms with Gasteiger partial charge in [0.1, 0.15) is 12.2 Å². The summed E-state index contributed by atoms with van der Waals surface area (Å²) in [5.74, 6) is 2.82. The molecule has 2 unspecified atom stereocenters. The molecule has 3 aromatic heterocycles. The van der Waals surface area contributed by atoms with Gasteiger partial charge < -0.3 is 14.8 Å². The van der Waals surface area contributed by atoms with Crippen LogP contribution in [0.25, 0.3) is 16.9 Å². The average Bonchev–Trinajstić information content (AvgIpc) is 3.25. The zero-order valence-electron chi connectivity index (χ0n) is 19.4. The number of hydrogen-bond donors (Lipinski definition) is 1. The largest absolute Gasteiger partial charge is 0.483 e. The molecule has 4 heterocycles. The molecule has 1 N–H and O–H groups in total. The number of nitrogens with zero attached hydrogens (tertiary/aromatic N) is 6. The number of ether oxygens (including phenoxy) is 2. The van der Waals surface area contributed by atoms with Crippen LogP contribution >= 0.6 is 0 Å². The van der Waals surface area contributed by atoms with Crippen LogP contribution in [0.3, 0.4) is 0 Å². The lowest BCUT2D eigenvalue weighted by molar-refractivity contribution is -0.00595. The number of fused-ring (bicyclic) bond motifs is 3. The van der Waals surface area contributed by atoms with Crippen molar-refractivity contribution in [3.8, 4) is 17.3 Å². The average molecular weight is 492 g/mol. The lowest BCUT2D eigenvalue weighted by Gasteiger charge is -2.37. The van der Waals surface area contributed by atoms with Crippen LogP contribution in [0.4, 0.5) is 17.5 Å². The first-order valence-electron chi connectivity index (χ1n) is 11.5. The van der Waals surface area contributed by atoms with Gasteiger partial charge in [-0.2, -0.15) is 19.1 Å². The highest BCUT2D eigenvalue weighted by Crippen LogP contribution is 2.40. The molecule has 1 saturated carbocycles. The van der Waals surface area contributed by atoms with E-state index in [9.17, 15) is 4.21 Å². The Morgan fingerprint density at radius 2 is 1.83 bits per heavy atom. The SMILES string of the molecule is CS(C)(=O)=Nc1cccc(-n2ncc3cnc(Nc4ccc5c(c4)OC4CCCCC4O5)nc32)n1. The Hall–Kier alpha value is -3.73. The molecular formula is C24H25N7O3S. The highest BCUT2D eigenvalue weighted by molar-refractivity contribution is 7.92. The first-order valence-corrected chi connectivity index (χ1v) is 13.8. The summed E-state index contributed by atoms with van der Waals surface area (Å²) in [6.07, 6.45) is 11.2. The molecule has 35 heavy (non-hydrogen) atoms. The second-order valence-corrected chi connectivity index (χ2v) is 11.6. The maximum Gasteiger partial charge on any atom is 0.229 e. The van der Waals surface area contributed by atoms with E-state index in [1.807, 2.05) is 18.2 Å². The van der Waals surface area contributed by atoms with Crippen molar-refractivity contribution in [1.29, 1.82) is 0 Å². The molecule has 1 aliphatic carbocycles. The molecule has 0 saturated heterocycles. The van der Waals surface area contributed by atoms with Gasteiger partial charge >= 0.3 is 0 Å². The van der Waals surface area contributed by atoms with Gasteiger partial charge in [-0.3, -0.25) is 0 Å². The quantitative estimate of drug-likeness (QED) is 0.447. The van der Waals surface area contributed by atoms with Gasteiger partial charge in [0.2, 0.25) is 5.95 Å². The molecule has 2 atom stereocenters. The first-order chi connectivity index (χ1) is 16.9. The summed E-state index contributed by atoms with van der Waals surface area (Å²) in [7, 11) is -2.33. The van der Waals surface area contributed by atoms with Crippen molar-refractivity contribution in [1.82, 2.24) is 24.7 Å². The molecule has 1 aromatic carbocycles. The predicted molar refractivity (Wildman–Crippen MR) is 134 cm³/mol. The third-order valence-corrected chi connectivity index (χ3v) is 6.58. The predicted octanol–water partition coefficient (Wildman–Crippen LogP) is 4.40. The minimum Gasteiger partial charge on any atom is -0.483 e. The molecule has 2 aliphatic rings. The minimum atomic E-state index is -2.33. The number of rotatable bonds is 4. The van der Waals surface area contributed by atoms with Gasteiger partial charge in [-0.1, -0.05) is 6.07 Å². The summed E-state index contributed by atoms with van der Waals surface area (Å²) >= 11 is 0. The zero-order chi connectivity index (χ0) is 24.0. The van der Waals surface area contributed by atoms with Crippen LogP contribution in [0.2, 0.25) is 0 Å². The van der Waals surface area contributed by atoms with E-state index in [-0.39, 0.29) is 12.2 Å². The monoisotopic (exact) mass is 491 g/mol.